The highest BCUT2D eigenvalue weighted by Gasteiger charge is 2.38. The summed E-state index contributed by atoms with van der Waals surface area (Å²) < 4.78 is 12.1. The lowest BCUT2D eigenvalue weighted by molar-refractivity contribution is 0.0864. The van der Waals surface area contributed by atoms with Crippen LogP contribution in [0.25, 0.3) is 0 Å². The lowest BCUT2D eigenvalue weighted by Gasteiger charge is -2.46. The molecule has 3 aromatic carbocycles. The van der Waals surface area contributed by atoms with Crippen molar-refractivity contribution >= 4 is 5.78 Å². The predicted molar refractivity (Wildman–Crippen MR) is 141 cm³/mol. The lowest BCUT2D eigenvalue weighted by Crippen LogP contribution is -2.57. The van der Waals surface area contributed by atoms with Gasteiger partial charge in [-0.2, -0.15) is 5.26 Å². The van der Waals surface area contributed by atoms with Crippen LogP contribution >= 0.6 is 0 Å². The summed E-state index contributed by atoms with van der Waals surface area (Å²) in [6, 6.07) is 24.3. The third kappa shape index (κ3) is 6.53. The molecule has 1 N–H and O–H groups in total. The van der Waals surface area contributed by atoms with Crippen LogP contribution in [0.15, 0.2) is 72.8 Å². The average molecular weight is 483 g/mol. The number of carbonyl (C=O) groups excluding carboxylic acids is 1. The molecule has 3 aromatic rings. The summed E-state index contributed by atoms with van der Waals surface area (Å²) in [5.74, 6) is 2.20. The Hall–Kier alpha value is -3.62. The minimum absolute atomic E-state index is 0.00674. The van der Waals surface area contributed by atoms with E-state index in [-0.39, 0.29) is 23.5 Å². The molecule has 36 heavy (non-hydrogen) atoms. The van der Waals surface area contributed by atoms with Crippen molar-refractivity contribution in [3.63, 3.8) is 0 Å². The second-order valence-electron chi connectivity index (χ2n) is 10.9. The van der Waals surface area contributed by atoms with Gasteiger partial charge in [-0.05, 0) is 88.9 Å². The highest BCUT2D eigenvalue weighted by molar-refractivity contribution is 5.96. The van der Waals surface area contributed by atoms with Crippen molar-refractivity contribution in [3.8, 4) is 23.3 Å². The fraction of sp³-hybridized carbons (Fsp3) is 0.355. The normalized spacial score (nSPS) is 16.6. The SMILES string of the molecule is CC1(C)CC(CC(=O)c2ccc(Oc3ccccc3C#N)c(COc3ccccc3)c2)CC(C)(C)N1. The standard InChI is InChI=1S/C31H34N2O3/c1-30(2)18-22(19-31(3,4)33-30)16-27(34)23-14-15-29(36-28-13-9-8-10-24(28)20-32)25(17-23)21-35-26-11-6-5-7-12-26/h5-15,17,22,33H,16,18-19,21H2,1-4H3. The van der Waals surface area contributed by atoms with E-state index < -0.39 is 0 Å². The summed E-state index contributed by atoms with van der Waals surface area (Å²) in [5, 5.41) is 13.1. The van der Waals surface area contributed by atoms with E-state index >= 15 is 0 Å². The first-order valence-electron chi connectivity index (χ1n) is 12.4. The zero-order valence-corrected chi connectivity index (χ0v) is 21.5. The van der Waals surface area contributed by atoms with E-state index in [0.29, 0.717) is 35.0 Å². The molecule has 0 atom stereocenters. The highest BCUT2D eigenvalue weighted by atomic mass is 16.5. The molecule has 1 aliphatic heterocycles. The van der Waals surface area contributed by atoms with Crippen LogP contribution < -0.4 is 14.8 Å². The summed E-state index contributed by atoms with van der Waals surface area (Å²) >= 11 is 0. The molecule has 186 valence electrons. The molecule has 0 amide bonds. The van der Waals surface area contributed by atoms with E-state index in [0.717, 1.165) is 24.2 Å². The maximum atomic E-state index is 13.4. The first-order valence-corrected chi connectivity index (χ1v) is 12.4. The van der Waals surface area contributed by atoms with Crippen LogP contribution in [-0.4, -0.2) is 16.9 Å². The Bertz CT molecular complexity index is 1240. The van der Waals surface area contributed by atoms with Crippen LogP contribution in [0.1, 0.15) is 68.4 Å². The van der Waals surface area contributed by atoms with Gasteiger partial charge in [0.1, 0.15) is 29.9 Å². The fourth-order valence-electron chi connectivity index (χ4n) is 5.47. The Morgan fingerprint density at radius 1 is 0.944 bits per heavy atom. The zero-order chi connectivity index (χ0) is 25.8. The molecule has 1 heterocycles. The van der Waals surface area contributed by atoms with Crippen LogP contribution in [0.3, 0.4) is 0 Å². The number of nitriles is 1. The molecule has 0 aromatic heterocycles. The van der Waals surface area contributed by atoms with Gasteiger partial charge in [0.05, 0.1) is 5.56 Å². The van der Waals surface area contributed by atoms with Crippen LogP contribution in [-0.2, 0) is 6.61 Å². The number of Topliss-reactive ketones (excluding diaryl/α,β-unsaturated/α-hetero) is 1. The van der Waals surface area contributed by atoms with Gasteiger partial charge < -0.3 is 14.8 Å². The highest BCUT2D eigenvalue weighted by Crippen LogP contribution is 2.36. The van der Waals surface area contributed by atoms with Crippen molar-refractivity contribution < 1.29 is 14.3 Å². The lowest BCUT2D eigenvalue weighted by atomic mass is 9.74. The van der Waals surface area contributed by atoms with Crippen molar-refractivity contribution in [1.82, 2.24) is 5.32 Å². The number of carbonyl (C=O) groups is 1. The van der Waals surface area contributed by atoms with E-state index in [1.807, 2.05) is 48.5 Å². The average Bonchev–Trinajstić information content (AvgIpc) is 2.82. The van der Waals surface area contributed by atoms with Crippen molar-refractivity contribution in [1.29, 1.82) is 5.26 Å². The molecule has 0 spiro atoms. The summed E-state index contributed by atoms with van der Waals surface area (Å²) in [5.41, 5.74) is 1.84. The number of ketones is 1. The number of para-hydroxylation sites is 2. The molecular weight excluding hydrogens is 448 g/mol. The van der Waals surface area contributed by atoms with Gasteiger partial charge in [-0.15, -0.1) is 0 Å². The molecule has 0 radical (unpaired) electrons. The first kappa shape index (κ1) is 25.5. The summed E-state index contributed by atoms with van der Waals surface area (Å²) in [6.45, 7) is 9.05. The molecule has 0 aliphatic carbocycles. The maximum absolute atomic E-state index is 13.4. The smallest absolute Gasteiger partial charge is 0.163 e. The van der Waals surface area contributed by atoms with E-state index in [1.165, 1.54) is 0 Å². The second-order valence-corrected chi connectivity index (χ2v) is 10.9. The molecule has 1 fully saturated rings. The van der Waals surface area contributed by atoms with Gasteiger partial charge in [-0.25, -0.2) is 0 Å². The van der Waals surface area contributed by atoms with Crippen molar-refractivity contribution in [2.75, 3.05) is 0 Å². The maximum Gasteiger partial charge on any atom is 0.163 e. The molecule has 5 heteroatoms. The Morgan fingerprint density at radius 3 is 2.31 bits per heavy atom. The van der Waals surface area contributed by atoms with Gasteiger partial charge in [0.25, 0.3) is 0 Å². The molecule has 0 bridgehead atoms. The molecule has 0 saturated carbocycles. The van der Waals surface area contributed by atoms with Crippen LogP contribution in [0.2, 0.25) is 0 Å². The Labute approximate surface area is 214 Å². The zero-order valence-electron chi connectivity index (χ0n) is 21.5. The largest absolute Gasteiger partial charge is 0.489 e. The Balaban J connectivity index is 1.58. The van der Waals surface area contributed by atoms with Gasteiger partial charge >= 0.3 is 0 Å². The van der Waals surface area contributed by atoms with Crippen LogP contribution in [0.4, 0.5) is 0 Å². The van der Waals surface area contributed by atoms with Gasteiger partial charge in [0.2, 0.25) is 0 Å². The van der Waals surface area contributed by atoms with E-state index in [2.05, 4.69) is 39.1 Å². The summed E-state index contributed by atoms with van der Waals surface area (Å²) in [4.78, 5) is 13.4. The van der Waals surface area contributed by atoms with Crippen molar-refractivity contribution in [3.05, 3.63) is 89.5 Å². The monoisotopic (exact) mass is 482 g/mol. The predicted octanol–water partition coefficient (Wildman–Crippen LogP) is 7.06. The summed E-state index contributed by atoms with van der Waals surface area (Å²) in [7, 11) is 0. The van der Waals surface area contributed by atoms with Crippen LogP contribution in [0.5, 0.6) is 17.2 Å². The van der Waals surface area contributed by atoms with Crippen LogP contribution in [0, 0.1) is 17.2 Å². The third-order valence-corrected chi connectivity index (χ3v) is 6.50. The van der Waals surface area contributed by atoms with Gasteiger partial charge in [0.15, 0.2) is 5.78 Å². The molecule has 4 rings (SSSR count). The Morgan fingerprint density at radius 2 is 1.61 bits per heavy atom. The topological polar surface area (TPSA) is 71.4 Å². The molecule has 0 unspecified atom stereocenters. The third-order valence-electron chi connectivity index (χ3n) is 6.50. The molecule has 1 aliphatic rings. The fourth-order valence-corrected chi connectivity index (χ4v) is 5.47. The quantitative estimate of drug-likeness (QED) is 0.348. The van der Waals surface area contributed by atoms with Gasteiger partial charge in [-0.1, -0.05) is 30.3 Å². The van der Waals surface area contributed by atoms with Crippen molar-refractivity contribution in [2.45, 2.75) is 64.6 Å². The Kier molecular flexibility index (Phi) is 7.47. The molecule has 5 nitrogen and oxygen atoms in total. The number of hydrogen-bond donors (Lipinski definition) is 1. The van der Waals surface area contributed by atoms with E-state index in [4.69, 9.17) is 9.47 Å². The number of hydrogen-bond acceptors (Lipinski definition) is 5. The van der Waals surface area contributed by atoms with E-state index in [9.17, 15) is 10.1 Å². The van der Waals surface area contributed by atoms with E-state index in [1.54, 1.807) is 24.3 Å². The number of nitrogens with one attached hydrogen (secondary N) is 1. The number of nitrogens with zero attached hydrogens (tertiary/aromatic N) is 1. The van der Waals surface area contributed by atoms with Gasteiger partial charge in [0, 0.05) is 28.6 Å². The van der Waals surface area contributed by atoms with Crippen molar-refractivity contribution in [2.24, 2.45) is 5.92 Å². The van der Waals surface area contributed by atoms with Gasteiger partial charge in [-0.3, -0.25) is 4.79 Å². The first-order chi connectivity index (χ1) is 17.1. The molecule has 1 saturated heterocycles. The summed E-state index contributed by atoms with van der Waals surface area (Å²) in [6.07, 6.45) is 2.42. The minimum atomic E-state index is -0.00674. The number of piperidine rings is 1. The number of rotatable bonds is 8. The second kappa shape index (κ2) is 10.6. The molecular formula is C31H34N2O3. The number of benzene rings is 3. The number of ether oxygens (including phenoxy) is 2. The minimum Gasteiger partial charge on any atom is -0.489 e.